The average Bonchev–Trinajstić information content (AvgIpc) is 2.66. The maximum absolute atomic E-state index is 12.6. The Morgan fingerprint density at radius 1 is 1.04 bits per heavy atom. The van der Waals surface area contributed by atoms with Gasteiger partial charge >= 0.3 is 11.8 Å². The summed E-state index contributed by atoms with van der Waals surface area (Å²) >= 11 is 0. The van der Waals surface area contributed by atoms with Gasteiger partial charge in [0, 0.05) is 46.0 Å². The Morgan fingerprint density at radius 2 is 1.74 bits per heavy atom. The summed E-state index contributed by atoms with van der Waals surface area (Å²) in [6.45, 7) is 0.750. The Bertz CT molecular complexity index is 851. The molecule has 142 valence electrons. The number of carbonyl (C=O) groups is 2. The third-order valence-electron chi connectivity index (χ3n) is 4.37. The molecule has 3 rings (SSSR count). The van der Waals surface area contributed by atoms with Crippen molar-refractivity contribution in [2.75, 3.05) is 49.9 Å². The summed E-state index contributed by atoms with van der Waals surface area (Å²) in [5, 5.41) is 2.64. The number of para-hydroxylation sites is 1. The number of hydrogen-bond donors (Lipinski definition) is 1. The first kappa shape index (κ1) is 18.6. The summed E-state index contributed by atoms with van der Waals surface area (Å²) in [5.41, 5.74) is 2.41. The Hall–Kier alpha value is -3.16. The summed E-state index contributed by atoms with van der Waals surface area (Å²) in [6.07, 6.45) is 0.612. The van der Waals surface area contributed by atoms with Crippen molar-refractivity contribution < 1.29 is 9.59 Å². The van der Waals surface area contributed by atoms with Crippen LogP contribution in [0, 0.1) is 0 Å². The van der Waals surface area contributed by atoms with Crippen molar-refractivity contribution >= 4 is 29.3 Å². The van der Waals surface area contributed by atoms with E-state index in [-0.39, 0.29) is 0 Å². The molecule has 0 spiro atoms. The summed E-state index contributed by atoms with van der Waals surface area (Å²) in [4.78, 5) is 39.4. The number of aromatic nitrogens is 2. The molecule has 2 amide bonds. The van der Waals surface area contributed by atoms with E-state index in [1.165, 1.54) is 4.90 Å². The minimum Gasteiger partial charge on any atom is -0.362 e. The standard InChI is InChI=1S/C19H24N6O2/c1-23(2)16-14-10-11-25(12-15(14)21-19(22-16)24(3)4)18(27)17(26)20-13-8-6-5-7-9-13/h5-9H,10-12H2,1-4H3,(H,20,26). The fourth-order valence-corrected chi connectivity index (χ4v) is 2.99. The van der Waals surface area contributed by atoms with E-state index >= 15 is 0 Å². The second kappa shape index (κ2) is 7.61. The highest BCUT2D eigenvalue weighted by atomic mass is 16.2. The smallest absolute Gasteiger partial charge is 0.313 e. The van der Waals surface area contributed by atoms with Crippen LogP contribution >= 0.6 is 0 Å². The molecule has 8 heteroatoms. The summed E-state index contributed by atoms with van der Waals surface area (Å²) in [6, 6.07) is 8.95. The highest BCUT2D eigenvalue weighted by molar-refractivity contribution is 6.39. The van der Waals surface area contributed by atoms with Gasteiger partial charge in [-0.25, -0.2) is 4.98 Å². The number of nitrogens with one attached hydrogen (secondary N) is 1. The fourth-order valence-electron chi connectivity index (χ4n) is 2.99. The molecule has 1 aromatic carbocycles. The zero-order valence-electron chi connectivity index (χ0n) is 16.1. The van der Waals surface area contributed by atoms with Crippen molar-refractivity contribution in [1.29, 1.82) is 0 Å². The fraction of sp³-hybridized carbons (Fsp3) is 0.368. The van der Waals surface area contributed by atoms with E-state index in [4.69, 9.17) is 0 Å². The van der Waals surface area contributed by atoms with Crippen LogP contribution < -0.4 is 15.1 Å². The first-order valence-electron chi connectivity index (χ1n) is 8.76. The van der Waals surface area contributed by atoms with E-state index in [2.05, 4.69) is 15.3 Å². The maximum Gasteiger partial charge on any atom is 0.313 e. The van der Waals surface area contributed by atoms with Gasteiger partial charge in [0.05, 0.1) is 12.2 Å². The molecule has 2 aromatic rings. The molecule has 1 aliphatic rings. The summed E-state index contributed by atoms with van der Waals surface area (Å²) in [5.74, 6) is 0.241. The second-order valence-corrected chi connectivity index (χ2v) is 6.86. The lowest BCUT2D eigenvalue weighted by atomic mass is 10.0. The van der Waals surface area contributed by atoms with Gasteiger partial charge in [-0.15, -0.1) is 0 Å². The Morgan fingerprint density at radius 3 is 2.37 bits per heavy atom. The zero-order valence-corrected chi connectivity index (χ0v) is 16.1. The van der Waals surface area contributed by atoms with E-state index in [0.29, 0.717) is 31.1 Å². The van der Waals surface area contributed by atoms with Gasteiger partial charge in [0.2, 0.25) is 5.95 Å². The number of anilines is 3. The van der Waals surface area contributed by atoms with Crippen LogP contribution in [0.5, 0.6) is 0 Å². The van der Waals surface area contributed by atoms with Crippen LogP contribution in [0.15, 0.2) is 30.3 Å². The van der Waals surface area contributed by atoms with E-state index in [9.17, 15) is 9.59 Å². The Balaban J connectivity index is 1.80. The molecule has 0 saturated carbocycles. The predicted molar refractivity (Wildman–Crippen MR) is 105 cm³/mol. The molecular formula is C19H24N6O2. The number of fused-ring (bicyclic) bond motifs is 1. The molecule has 0 saturated heterocycles. The summed E-state index contributed by atoms with van der Waals surface area (Å²) < 4.78 is 0. The van der Waals surface area contributed by atoms with Crippen LogP contribution in [-0.2, 0) is 22.6 Å². The molecule has 1 N–H and O–H groups in total. The lowest BCUT2D eigenvalue weighted by molar-refractivity contribution is -0.143. The van der Waals surface area contributed by atoms with Crippen LogP contribution in [0.3, 0.4) is 0 Å². The van der Waals surface area contributed by atoms with Crippen molar-refractivity contribution in [3.8, 4) is 0 Å². The monoisotopic (exact) mass is 368 g/mol. The first-order chi connectivity index (χ1) is 12.9. The van der Waals surface area contributed by atoms with Crippen molar-refractivity contribution in [3.63, 3.8) is 0 Å². The lowest BCUT2D eigenvalue weighted by Crippen LogP contribution is -2.43. The molecule has 27 heavy (non-hydrogen) atoms. The number of nitrogens with zero attached hydrogens (tertiary/aromatic N) is 5. The highest BCUT2D eigenvalue weighted by Crippen LogP contribution is 2.27. The van der Waals surface area contributed by atoms with Gasteiger partial charge in [-0.05, 0) is 18.6 Å². The van der Waals surface area contributed by atoms with E-state index in [1.54, 1.807) is 24.3 Å². The third-order valence-corrected chi connectivity index (χ3v) is 4.37. The second-order valence-electron chi connectivity index (χ2n) is 6.86. The quantitative estimate of drug-likeness (QED) is 0.818. The number of carbonyl (C=O) groups excluding carboxylic acids is 2. The number of hydrogen-bond acceptors (Lipinski definition) is 6. The highest BCUT2D eigenvalue weighted by Gasteiger charge is 2.29. The first-order valence-corrected chi connectivity index (χ1v) is 8.76. The van der Waals surface area contributed by atoms with E-state index in [0.717, 1.165) is 17.1 Å². The lowest BCUT2D eigenvalue weighted by Gasteiger charge is -2.30. The molecule has 0 radical (unpaired) electrons. The number of amides is 2. The van der Waals surface area contributed by atoms with Gasteiger partial charge in [-0.2, -0.15) is 4.98 Å². The minimum absolute atomic E-state index is 0.292. The van der Waals surface area contributed by atoms with Crippen LogP contribution in [0.2, 0.25) is 0 Å². The van der Waals surface area contributed by atoms with Crippen LogP contribution in [0.4, 0.5) is 17.5 Å². The largest absolute Gasteiger partial charge is 0.362 e. The van der Waals surface area contributed by atoms with Gasteiger partial charge in [0.1, 0.15) is 5.82 Å². The van der Waals surface area contributed by atoms with Gasteiger partial charge in [0.15, 0.2) is 0 Å². The van der Waals surface area contributed by atoms with Gasteiger partial charge in [0.25, 0.3) is 0 Å². The molecule has 0 aliphatic carbocycles. The van der Waals surface area contributed by atoms with Crippen molar-refractivity contribution in [3.05, 3.63) is 41.6 Å². The number of benzene rings is 1. The van der Waals surface area contributed by atoms with E-state index < -0.39 is 11.8 Å². The normalized spacial score (nSPS) is 13.0. The molecule has 1 aromatic heterocycles. The van der Waals surface area contributed by atoms with Crippen molar-refractivity contribution in [2.45, 2.75) is 13.0 Å². The predicted octanol–water partition coefficient (Wildman–Crippen LogP) is 1.13. The van der Waals surface area contributed by atoms with Crippen LogP contribution in [0.25, 0.3) is 0 Å². The zero-order chi connectivity index (χ0) is 19.6. The average molecular weight is 368 g/mol. The molecule has 8 nitrogen and oxygen atoms in total. The molecule has 0 unspecified atom stereocenters. The van der Waals surface area contributed by atoms with Gasteiger partial charge in [-0.1, -0.05) is 18.2 Å². The number of rotatable bonds is 3. The SMILES string of the molecule is CN(C)c1nc2c(c(N(C)C)n1)CCN(C(=O)C(=O)Nc1ccccc1)C2. The van der Waals surface area contributed by atoms with Crippen molar-refractivity contribution in [1.82, 2.24) is 14.9 Å². The molecular weight excluding hydrogens is 344 g/mol. The van der Waals surface area contributed by atoms with E-state index in [1.807, 2.05) is 44.1 Å². The van der Waals surface area contributed by atoms with Crippen molar-refractivity contribution in [2.24, 2.45) is 0 Å². The molecule has 0 atom stereocenters. The molecule has 0 bridgehead atoms. The van der Waals surface area contributed by atoms with Gasteiger partial charge < -0.3 is 20.0 Å². The van der Waals surface area contributed by atoms with Crippen LogP contribution in [-0.4, -0.2) is 61.4 Å². The molecule has 2 heterocycles. The van der Waals surface area contributed by atoms with Crippen LogP contribution in [0.1, 0.15) is 11.3 Å². The maximum atomic E-state index is 12.6. The molecule has 0 fully saturated rings. The summed E-state index contributed by atoms with van der Waals surface area (Å²) in [7, 11) is 7.63. The minimum atomic E-state index is -0.639. The Labute approximate surface area is 158 Å². The third kappa shape index (κ3) is 3.99. The van der Waals surface area contributed by atoms with Gasteiger partial charge in [-0.3, -0.25) is 9.59 Å². The topological polar surface area (TPSA) is 81.7 Å². The Kier molecular flexibility index (Phi) is 5.25. The molecule has 1 aliphatic heterocycles.